The molecule has 0 fully saturated rings. The van der Waals surface area contributed by atoms with E-state index in [0.717, 1.165) is 123 Å². The Bertz CT molecular complexity index is 3460. The Kier molecular flexibility index (Phi) is 16.5. The van der Waals surface area contributed by atoms with Crippen LogP contribution in [0.2, 0.25) is 0 Å². The number of carbonyl (C=O) groups is 4. The summed E-state index contributed by atoms with van der Waals surface area (Å²) < 4.78 is 10.8. The summed E-state index contributed by atoms with van der Waals surface area (Å²) in [6, 6.07) is 38.4. The van der Waals surface area contributed by atoms with Crippen LogP contribution in [0.3, 0.4) is 0 Å². The van der Waals surface area contributed by atoms with E-state index in [1.165, 1.54) is 0 Å². The summed E-state index contributed by atoms with van der Waals surface area (Å²) in [7, 11) is 0. The highest BCUT2D eigenvalue weighted by Crippen LogP contribution is 2.45. The van der Waals surface area contributed by atoms with Crippen molar-refractivity contribution in [3.63, 3.8) is 0 Å². The minimum atomic E-state index is -0.698. The zero-order valence-corrected chi connectivity index (χ0v) is 45.5. The molecule has 2 aliphatic rings. The average Bonchev–Trinajstić information content (AvgIpc) is 4.35. The van der Waals surface area contributed by atoms with Gasteiger partial charge in [0.05, 0.1) is 33.8 Å². The molecule has 3 aromatic heterocycles. The van der Waals surface area contributed by atoms with Crippen molar-refractivity contribution in [1.82, 2.24) is 30.6 Å². The predicted molar refractivity (Wildman–Crippen MR) is 312 cm³/mol. The molecule has 0 saturated heterocycles. The van der Waals surface area contributed by atoms with Crippen LogP contribution in [0.4, 0.5) is 21.0 Å². The Morgan fingerprint density at radius 2 is 0.859 bits per heavy atom. The third-order valence-corrected chi connectivity index (χ3v) is 14.6. The third kappa shape index (κ3) is 11.2. The molecule has 0 atom stereocenters. The van der Waals surface area contributed by atoms with Crippen LogP contribution in [0.15, 0.2) is 121 Å². The number of hydrogen-bond donors (Lipinski definition) is 6. The molecule has 0 aliphatic carbocycles. The Labute approximate surface area is 454 Å². The number of aromatic nitrogens is 4. The zero-order valence-electron chi connectivity index (χ0n) is 45.5. The van der Waals surface area contributed by atoms with Gasteiger partial charge in [0.15, 0.2) is 0 Å². The number of para-hydroxylation sites is 2. The molecule has 78 heavy (non-hydrogen) atoms. The monoisotopic (exact) mass is 1040 g/mol. The number of amides is 4. The number of H-pyrrole nitrogens is 2. The minimum Gasteiger partial charge on any atom is -0.445 e. The molecule has 0 unspecified atom stereocenters. The highest BCUT2D eigenvalue weighted by atomic mass is 16.6. The number of benzene rings is 4. The molecule has 14 nitrogen and oxygen atoms in total. The molecule has 6 N–H and O–H groups in total. The lowest BCUT2D eigenvalue weighted by atomic mass is 9.94. The van der Waals surface area contributed by atoms with E-state index in [-0.39, 0.29) is 26.3 Å². The van der Waals surface area contributed by atoms with E-state index in [0.29, 0.717) is 37.1 Å². The Morgan fingerprint density at radius 3 is 1.23 bits per heavy atom. The topological polar surface area (TPSA) is 192 Å². The van der Waals surface area contributed by atoms with Gasteiger partial charge in [0.25, 0.3) is 0 Å². The van der Waals surface area contributed by atoms with Gasteiger partial charge < -0.3 is 40.7 Å². The number of alkyl carbamates (subject to hydrolysis) is 2. The lowest BCUT2D eigenvalue weighted by Crippen LogP contribution is -2.33. The largest absolute Gasteiger partial charge is 0.445 e. The van der Waals surface area contributed by atoms with Crippen LogP contribution in [0.1, 0.15) is 111 Å². The highest BCUT2D eigenvalue weighted by Gasteiger charge is 2.28. The molecule has 0 saturated carbocycles. The zero-order chi connectivity index (χ0) is 55.0. The van der Waals surface area contributed by atoms with Crippen molar-refractivity contribution in [2.45, 2.75) is 94.3 Å². The summed E-state index contributed by atoms with van der Waals surface area (Å²) in [6.45, 7) is 16.6. The number of hydrogen-bond acceptors (Lipinski definition) is 8. The van der Waals surface area contributed by atoms with Crippen molar-refractivity contribution in [2.75, 3.05) is 23.7 Å². The number of ether oxygens (including phenoxy) is 2. The van der Waals surface area contributed by atoms with Crippen LogP contribution in [-0.4, -0.2) is 57.0 Å². The van der Waals surface area contributed by atoms with E-state index in [9.17, 15) is 19.2 Å². The molecule has 7 aromatic rings. The maximum atomic E-state index is 13.8. The number of allylic oxidation sites excluding steroid dienone is 4. The SMILES string of the molecule is CCC1=C(C)c2nc1cc1[nH]c(c(C)c1CC)c(-c1ccccc1NC(=O)CNC(=O)OCc1ccccc1)c1nc(cc3[nH]c(c(C)c3CC)c2-c2ccccc2NC(=O)CNC(=O)OCc2ccccc2)C(CC)=C1C. The van der Waals surface area contributed by atoms with Crippen molar-refractivity contribution in [3.8, 4) is 22.3 Å². The Morgan fingerprint density at radius 1 is 0.487 bits per heavy atom. The molecule has 14 heteroatoms. The maximum Gasteiger partial charge on any atom is 0.407 e. The molecule has 0 spiro atoms. The lowest BCUT2D eigenvalue weighted by molar-refractivity contribution is -0.116. The van der Waals surface area contributed by atoms with Gasteiger partial charge in [-0.1, -0.05) is 125 Å². The first kappa shape index (κ1) is 53.8. The van der Waals surface area contributed by atoms with Gasteiger partial charge in [-0.15, -0.1) is 0 Å². The van der Waals surface area contributed by atoms with Crippen molar-refractivity contribution in [3.05, 3.63) is 177 Å². The van der Waals surface area contributed by atoms with Gasteiger partial charge in [-0.2, -0.15) is 0 Å². The van der Waals surface area contributed by atoms with E-state index in [1.807, 2.05) is 109 Å². The van der Waals surface area contributed by atoms with Crippen molar-refractivity contribution >= 4 is 79.7 Å². The first-order chi connectivity index (χ1) is 37.8. The van der Waals surface area contributed by atoms with Gasteiger partial charge in [0.2, 0.25) is 11.8 Å². The Hall–Kier alpha value is -9.04. The van der Waals surface area contributed by atoms with Crippen LogP contribution in [0, 0.1) is 13.8 Å². The van der Waals surface area contributed by atoms with Gasteiger partial charge in [0, 0.05) is 44.7 Å². The molecule has 5 heterocycles. The first-order valence-electron chi connectivity index (χ1n) is 26.7. The maximum absolute atomic E-state index is 13.8. The van der Waals surface area contributed by atoms with Crippen molar-refractivity contribution in [1.29, 1.82) is 0 Å². The van der Waals surface area contributed by atoms with Gasteiger partial charge in [-0.25, -0.2) is 19.6 Å². The number of fused-ring (bicyclic) bond motifs is 8. The van der Waals surface area contributed by atoms with E-state index in [4.69, 9.17) is 19.4 Å². The number of aromatic amines is 2. The molecule has 8 bridgehead atoms. The summed E-state index contributed by atoms with van der Waals surface area (Å²) in [6.07, 6.45) is 1.41. The predicted octanol–water partition coefficient (Wildman–Crippen LogP) is 13.8. The van der Waals surface area contributed by atoms with E-state index >= 15 is 0 Å². The molecular formula is C64H66N8O6. The number of nitrogens with one attached hydrogen (secondary N) is 6. The molecule has 0 radical (unpaired) electrons. The fourth-order valence-electron chi connectivity index (χ4n) is 10.7. The minimum absolute atomic E-state index is 0.0781. The second-order valence-corrected chi connectivity index (χ2v) is 19.4. The molecule has 4 aromatic carbocycles. The van der Waals surface area contributed by atoms with Crippen LogP contribution >= 0.6 is 0 Å². The quantitative estimate of drug-likeness (QED) is 0.0550. The lowest BCUT2D eigenvalue weighted by Gasteiger charge is -2.14. The third-order valence-electron chi connectivity index (χ3n) is 14.6. The second-order valence-electron chi connectivity index (χ2n) is 19.4. The summed E-state index contributed by atoms with van der Waals surface area (Å²) in [5.41, 5.74) is 21.0. The molecule has 4 amide bonds. The van der Waals surface area contributed by atoms with Crippen molar-refractivity contribution < 1.29 is 28.7 Å². The second kappa shape index (κ2) is 23.9. The number of rotatable bonds is 16. The first-order valence-corrected chi connectivity index (χ1v) is 26.7. The number of aryl methyl sites for hydroxylation is 4. The Balaban J connectivity index is 1.20. The van der Waals surface area contributed by atoms with E-state index in [1.54, 1.807) is 0 Å². The normalized spacial score (nSPS) is 12.1. The van der Waals surface area contributed by atoms with Gasteiger partial charge in [0.1, 0.15) is 26.3 Å². The molecule has 2 aliphatic heterocycles. The molecule has 398 valence electrons. The standard InChI is InChI=1S/C64H66N8O6/c1-9-43-37(5)59-57(47-27-19-21-29-49(47)67-55(73)33-65-63(75)77-35-41-23-15-13-16-24-41)60-39(7)45(11-3)53(71-60)32-54-46(12-4)40(8)62(72-54)58(61-38(6)44(10-2)52(70-61)31-51(43)69-59)48-28-20-22-30-50(48)68-56(74)34-66-64(76)78-36-42-25-17-14-18-26-42/h13-32,69,72H,9-12,33-36H2,1-8H3,(H,65,75)(H,66,76)(H,67,73)(H,68,74). The van der Waals surface area contributed by atoms with E-state index < -0.39 is 24.0 Å². The average molecular weight is 1040 g/mol. The fourth-order valence-corrected chi connectivity index (χ4v) is 10.7. The fraction of sp³-hybridized carbons (Fsp3) is 0.250. The summed E-state index contributed by atoms with van der Waals surface area (Å²) in [4.78, 5) is 71.9. The van der Waals surface area contributed by atoms with Crippen LogP contribution < -0.4 is 21.3 Å². The summed E-state index contributed by atoms with van der Waals surface area (Å²) >= 11 is 0. The van der Waals surface area contributed by atoms with Crippen LogP contribution in [0.5, 0.6) is 0 Å². The van der Waals surface area contributed by atoms with Crippen LogP contribution in [-0.2, 0) is 45.1 Å². The van der Waals surface area contributed by atoms with Crippen LogP contribution in [0.25, 0.3) is 66.6 Å². The number of carbonyl (C=O) groups excluding carboxylic acids is 4. The van der Waals surface area contributed by atoms with Gasteiger partial charge in [-0.3, -0.25) is 9.59 Å². The smallest absolute Gasteiger partial charge is 0.407 e. The van der Waals surface area contributed by atoms with Gasteiger partial charge in [-0.05, 0) is 133 Å². The van der Waals surface area contributed by atoms with Gasteiger partial charge >= 0.3 is 12.2 Å². The van der Waals surface area contributed by atoms with Crippen molar-refractivity contribution in [2.24, 2.45) is 0 Å². The van der Waals surface area contributed by atoms with E-state index in [2.05, 4.69) is 98.8 Å². The molecule has 9 rings (SSSR count). The summed E-state index contributed by atoms with van der Waals surface area (Å²) in [5, 5.41) is 11.4. The summed E-state index contributed by atoms with van der Waals surface area (Å²) in [5.74, 6) is -0.842. The highest BCUT2D eigenvalue weighted by molar-refractivity contribution is 6.08. The number of nitrogens with zero attached hydrogens (tertiary/aromatic N) is 2. The number of anilines is 2. The molecular weight excluding hydrogens is 977 g/mol.